The van der Waals surface area contributed by atoms with Gasteiger partial charge in [0.2, 0.25) is 0 Å². The minimum absolute atomic E-state index is 0.294. The number of allylic oxidation sites excluding steroid dienone is 14. The van der Waals surface area contributed by atoms with Gasteiger partial charge >= 0.3 is 0 Å². The first-order valence-corrected chi connectivity index (χ1v) is 9.05. The summed E-state index contributed by atoms with van der Waals surface area (Å²) in [6.45, 7) is 11.0. The van der Waals surface area contributed by atoms with Gasteiger partial charge in [-0.3, -0.25) is 4.79 Å². The van der Waals surface area contributed by atoms with Crippen LogP contribution in [-0.4, -0.2) is 6.29 Å². The van der Waals surface area contributed by atoms with Gasteiger partial charge in [0.15, 0.2) is 0 Å². The summed E-state index contributed by atoms with van der Waals surface area (Å²) in [5, 5.41) is 0. The summed E-state index contributed by atoms with van der Waals surface area (Å²) in [6, 6.07) is 0. The Hall–Kier alpha value is -2.15. The van der Waals surface area contributed by atoms with E-state index in [0.29, 0.717) is 5.41 Å². The first-order chi connectivity index (χ1) is 11.9. The van der Waals surface area contributed by atoms with E-state index in [1.807, 2.05) is 25.2 Å². The first kappa shape index (κ1) is 20.9. The van der Waals surface area contributed by atoms with Gasteiger partial charge in [-0.2, -0.15) is 0 Å². The van der Waals surface area contributed by atoms with Gasteiger partial charge in [0, 0.05) is 0 Å². The molecule has 0 radical (unpaired) electrons. The lowest BCUT2D eigenvalue weighted by Gasteiger charge is -2.32. The Labute approximate surface area is 153 Å². The van der Waals surface area contributed by atoms with Crippen LogP contribution in [0.25, 0.3) is 0 Å². The van der Waals surface area contributed by atoms with Gasteiger partial charge in [-0.15, -0.1) is 0 Å². The summed E-state index contributed by atoms with van der Waals surface area (Å²) >= 11 is 0. The van der Waals surface area contributed by atoms with E-state index in [1.54, 1.807) is 6.08 Å². The SMILES string of the molecule is CC1=C(/C=C/C=C/C(C)=C/C=C/C=C(C)/C=C/C=O)C(C)(C)CCC1. The van der Waals surface area contributed by atoms with Gasteiger partial charge in [-0.05, 0) is 57.1 Å². The van der Waals surface area contributed by atoms with Gasteiger partial charge in [0.05, 0.1) is 0 Å². The van der Waals surface area contributed by atoms with Gasteiger partial charge in [0.1, 0.15) is 6.29 Å². The highest BCUT2D eigenvalue weighted by molar-refractivity contribution is 5.65. The Morgan fingerprint density at radius 2 is 1.52 bits per heavy atom. The van der Waals surface area contributed by atoms with Crippen LogP contribution in [0.2, 0.25) is 0 Å². The zero-order chi connectivity index (χ0) is 18.7. The Morgan fingerprint density at radius 3 is 2.08 bits per heavy atom. The molecule has 1 aliphatic carbocycles. The van der Waals surface area contributed by atoms with Gasteiger partial charge in [0.25, 0.3) is 0 Å². The molecule has 134 valence electrons. The molecule has 0 amide bonds. The molecule has 1 heteroatoms. The Balaban J connectivity index is 2.63. The van der Waals surface area contributed by atoms with Crippen LogP contribution in [-0.2, 0) is 4.79 Å². The van der Waals surface area contributed by atoms with Crippen molar-refractivity contribution >= 4 is 6.29 Å². The molecule has 0 fully saturated rings. The van der Waals surface area contributed by atoms with Crippen LogP contribution in [0, 0.1) is 5.41 Å². The van der Waals surface area contributed by atoms with Crippen molar-refractivity contribution < 1.29 is 4.79 Å². The number of hydrogen-bond acceptors (Lipinski definition) is 1. The summed E-state index contributed by atoms with van der Waals surface area (Å²) < 4.78 is 0. The molecule has 1 aliphatic rings. The molecular formula is C24H32O. The molecule has 25 heavy (non-hydrogen) atoms. The van der Waals surface area contributed by atoms with Gasteiger partial charge in [-0.1, -0.05) is 85.3 Å². The smallest absolute Gasteiger partial charge is 0.142 e. The van der Waals surface area contributed by atoms with Crippen LogP contribution in [0.1, 0.15) is 53.9 Å². The van der Waals surface area contributed by atoms with Gasteiger partial charge < -0.3 is 0 Å². The summed E-state index contributed by atoms with van der Waals surface area (Å²) in [7, 11) is 0. The zero-order valence-electron chi connectivity index (χ0n) is 16.4. The molecule has 0 aliphatic heterocycles. The minimum Gasteiger partial charge on any atom is -0.299 e. The largest absolute Gasteiger partial charge is 0.299 e. The van der Waals surface area contributed by atoms with Crippen molar-refractivity contribution in [3.05, 3.63) is 83.1 Å². The highest BCUT2D eigenvalue weighted by Gasteiger charge is 2.26. The molecule has 0 unspecified atom stereocenters. The molecule has 1 nitrogen and oxygen atoms in total. The third kappa shape index (κ3) is 7.98. The van der Waals surface area contributed by atoms with E-state index in [9.17, 15) is 4.79 Å². The standard InChI is InChI=1S/C24H32O/c1-20(12-6-7-13-21(2)15-11-19-25)14-8-9-17-23-22(3)16-10-18-24(23,4)5/h6-9,11-15,17,19H,10,16,18H2,1-5H3/b7-6+,14-8+,15-11+,17-9+,20-12+,21-13+. The monoisotopic (exact) mass is 336 g/mol. The molecule has 0 saturated heterocycles. The molecule has 1 rings (SSSR count). The average molecular weight is 337 g/mol. The molecule has 0 heterocycles. The van der Waals surface area contributed by atoms with E-state index in [2.05, 4.69) is 58.1 Å². The fraction of sp³-hybridized carbons (Fsp3) is 0.375. The topological polar surface area (TPSA) is 17.1 Å². The lowest BCUT2D eigenvalue weighted by atomic mass is 9.73. The quantitative estimate of drug-likeness (QED) is 0.283. The van der Waals surface area contributed by atoms with E-state index in [1.165, 1.54) is 42.1 Å². The number of carbonyl (C=O) groups is 1. The van der Waals surface area contributed by atoms with Crippen molar-refractivity contribution in [3.63, 3.8) is 0 Å². The van der Waals surface area contributed by atoms with Crippen molar-refractivity contribution in [1.82, 2.24) is 0 Å². The number of hydrogen-bond donors (Lipinski definition) is 0. The molecule has 0 aromatic heterocycles. The minimum atomic E-state index is 0.294. The summed E-state index contributed by atoms with van der Waals surface area (Å²) in [5.41, 5.74) is 5.56. The average Bonchev–Trinajstić information content (AvgIpc) is 2.55. The molecule has 0 N–H and O–H groups in total. The Kier molecular flexibility index (Phi) is 8.91. The van der Waals surface area contributed by atoms with Crippen molar-refractivity contribution in [2.24, 2.45) is 5.41 Å². The van der Waals surface area contributed by atoms with Crippen molar-refractivity contribution in [3.8, 4) is 0 Å². The summed E-state index contributed by atoms with van der Waals surface area (Å²) in [4.78, 5) is 10.3. The molecule has 0 saturated carbocycles. The number of aldehydes is 1. The van der Waals surface area contributed by atoms with Crippen molar-refractivity contribution in [2.45, 2.75) is 53.9 Å². The van der Waals surface area contributed by atoms with E-state index < -0.39 is 0 Å². The lowest BCUT2D eigenvalue weighted by Crippen LogP contribution is -2.18. The molecule has 0 aromatic rings. The van der Waals surface area contributed by atoms with Crippen LogP contribution >= 0.6 is 0 Å². The van der Waals surface area contributed by atoms with Crippen molar-refractivity contribution in [1.29, 1.82) is 0 Å². The molecular weight excluding hydrogens is 304 g/mol. The predicted octanol–water partition coefficient (Wildman–Crippen LogP) is 6.83. The maximum atomic E-state index is 10.3. The van der Waals surface area contributed by atoms with Crippen LogP contribution in [0.4, 0.5) is 0 Å². The molecule has 0 atom stereocenters. The van der Waals surface area contributed by atoms with E-state index in [0.717, 1.165) is 11.9 Å². The highest BCUT2D eigenvalue weighted by Crippen LogP contribution is 2.40. The summed E-state index contributed by atoms with van der Waals surface area (Å²) in [5.74, 6) is 0. The maximum Gasteiger partial charge on any atom is 0.142 e. The van der Waals surface area contributed by atoms with Crippen molar-refractivity contribution in [2.75, 3.05) is 0 Å². The fourth-order valence-electron chi connectivity index (χ4n) is 3.09. The third-order valence-electron chi connectivity index (χ3n) is 4.54. The van der Waals surface area contributed by atoms with Crippen LogP contribution < -0.4 is 0 Å². The van der Waals surface area contributed by atoms with E-state index in [-0.39, 0.29) is 0 Å². The second-order valence-electron chi connectivity index (χ2n) is 7.35. The van der Waals surface area contributed by atoms with Gasteiger partial charge in [-0.25, -0.2) is 0 Å². The zero-order valence-corrected chi connectivity index (χ0v) is 16.4. The Bertz CT molecular complexity index is 658. The number of rotatable bonds is 7. The number of carbonyl (C=O) groups excluding carboxylic acids is 1. The lowest BCUT2D eigenvalue weighted by molar-refractivity contribution is -0.104. The summed E-state index contributed by atoms with van der Waals surface area (Å²) in [6.07, 6.45) is 24.6. The van der Waals surface area contributed by atoms with Crippen LogP contribution in [0.3, 0.4) is 0 Å². The molecule has 0 aromatic carbocycles. The third-order valence-corrected chi connectivity index (χ3v) is 4.54. The molecule has 0 bridgehead atoms. The Morgan fingerprint density at radius 1 is 0.920 bits per heavy atom. The predicted molar refractivity (Wildman–Crippen MR) is 110 cm³/mol. The maximum absolute atomic E-state index is 10.3. The second-order valence-corrected chi connectivity index (χ2v) is 7.35. The normalized spacial score (nSPS) is 19.9. The second kappa shape index (κ2) is 10.7. The molecule has 0 spiro atoms. The van der Waals surface area contributed by atoms with Crippen LogP contribution in [0.15, 0.2) is 83.1 Å². The fourth-order valence-corrected chi connectivity index (χ4v) is 3.09. The van der Waals surface area contributed by atoms with E-state index in [4.69, 9.17) is 0 Å². The van der Waals surface area contributed by atoms with E-state index >= 15 is 0 Å². The first-order valence-electron chi connectivity index (χ1n) is 9.05. The van der Waals surface area contributed by atoms with Crippen LogP contribution in [0.5, 0.6) is 0 Å². The highest BCUT2D eigenvalue weighted by atomic mass is 16.1.